The first-order chi connectivity index (χ1) is 9.65. The SMILES string of the molecule is C[C@@H](CC(=O)NCc1ccc(F)cc1)c1ccccc1. The van der Waals surface area contributed by atoms with Crippen molar-refractivity contribution < 1.29 is 9.18 Å². The summed E-state index contributed by atoms with van der Waals surface area (Å²) < 4.78 is 12.8. The highest BCUT2D eigenvalue weighted by molar-refractivity contribution is 5.76. The van der Waals surface area contributed by atoms with Crippen LogP contribution in [0.4, 0.5) is 4.39 Å². The molecule has 0 radical (unpaired) electrons. The van der Waals surface area contributed by atoms with Crippen LogP contribution < -0.4 is 5.32 Å². The first-order valence-electron chi connectivity index (χ1n) is 6.71. The van der Waals surface area contributed by atoms with E-state index in [1.165, 1.54) is 12.1 Å². The molecule has 0 bridgehead atoms. The van der Waals surface area contributed by atoms with Crippen molar-refractivity contribution in [2.24, 2.45) is 0 Å². The van der Waals surface area contributed by atoms with Crippen molar-refractivity contribution in [2.75, 3.05) is 0 Å². The molecule has 0 spiro atoms. The Bertz CT molecular complexity index is 551. The van der Waals surface area contributed by atoms with Crippen LogP contribution in [0.3, 0.4) is 0 Å². The van der Waals surface area contributed by atoms with Crippen LogP contribution in [-0.4, -0.2) is 5.91 Å². The van der Waals surface area contributed by atoms with E-state index >= 15 is 0 Å². The largest absolute Gasteiger partial charge is 0.352 e. The van der Waals surface area contributed by atoms with Gasteiger partial charge in [-0.25, -0.2) is 4.39 Å². The summed E-state index contributed by atoms with van der Waals surface area (Å²) in [7, 11) is 0. The Hall–Kier alpha value is -2.16. The zero-order chi connectivity index (χ0) is 14.4. The van der Waals surface area contributed by atoms with Gasteiger partial charge in [-0.1, -0.05) is 49.4 Å². The summed E-state index contributed by atoms with van der Waals surface area (Å²) in [6.07, 6.45) is 0.450. The number of rotatable bonds is 5. The fourth-order valence-electron chi connectivity index (χ4n) is 2.05. The van der Waals surface area contributed by atoms with Gasteiger partial charge in [-0.15, -0.1) is 0 Å². The first kappa shape index (κ1) is 14.3. The van der Waals surface area contributed by atoms with Crippen molar-refractivity contribution in [2.45, 2.75) is 25.8 Å². The Morgan fingerprint density at radius 3 is 2.40 bits per heavy atom. The highest BCUT2D eigenvalue weighted by Gasteiger charge is 2.10. The molecule has 20 heavy (non-hydrogen) atoms. The van der Waals surface area contributed by atoms with Crippen LogP contribution in [-0.2, 0) is 11.3 Å². The lowest BCUT2D eigenvalue weighted by atomic mass is 9.97. The van der Waals surface area contributed by atoms with Gasteiger partial charge in [0.2, 0.25) is 5.91 Å². The molecule has 0 aliphatic heterocycles. The maximum atomic E-state index is 12.8. The summed E-state index contributed by atoms with van der Waals surface area (Å²) in [5, 5.41) is 2.86. The Balaban J connectivity index is 1.82. The predicted molar refractivity (Wildman–Crippen MR) is 77.7 cm³/mol. The highest BCUT2D eigenvalue weighted by Crippen LogP contribution is 2.18. The lowest BCUT2D eigenvalue weighted by Crippen LogP contribution is -2.24. The van der Waals surface area contributed by atoms with Crippen LogP contribution in [0.5, 0.6) is 0 Å². The summed E-state index contributed by atoms with van der Waals surface area (Å²) in [5.41, 5.74) is 2.05. The van der Waals surface area contributed by atoms with Crippen LogP contribution in [0.25, 0.3) is 0 Å². The molecule has 2 aromatic rings. The van der Waals surface area contributed by atoms with E-state index in [0.29, 0.717) is 13.0 Å². The molecule has 0 aliphatic rings. The molecule has 0 saturated heterocycles. The molecule has 0 fully saturated rings. The first-order valence-corrected chi connectivity index (χ1v) is 6.71. The van der Waals surface area contributed by atoms with Gasteiger partial charge in [-0.3, -0.25) is 4.79 Å². The van der Waals surface area contributed by atoms with Crippen molar-refractivity contribution >= 4 is 5.91 Å². The molecule has 2 rings (SSSR count). The lowest BCUT2D eigenvalue weighted by Gasteiger charge is -2.12. The van der Waals surface area contributed by atoms with Gasteiger partial charge in [0.25, 0.3) is 0 Å². The average molecular weight is 271 g/mol. The number of carbonyl (C=O) groups is 1. The summed E-state index contributed by atoms with van der Waals surface area (Å²) >= 11 is 0. The summed E-state index contributed by atoms with van der Waals surface area (Å²) in [6.45, 7) is 2.47. The van der Waals surface area contributed by atoms with Crippen molar-refractivity contribution in [3.8, 4) is 0 Å². The number of carbonyl (C=O) groups excluding carboxylic acids is 1. The second-order valence-corrected chi connectivity index (χ2v) is 4.92. The summed E-state index contributed by atoms with van der Waals surface area (Å²) in [6, 6.07) is 16.1. The van der Waals surface area contributed by atoms with Gasteiger partial charge in [-0.2, -0.15) is 0 Å². The molecular formula is C17H18FNO. The number of benzene rings is 2. The van der Waals surface area contributed by atoms with Crippen LogP contribution >= 0.6 is 0 Å². The molecule has 1 N–H and O–H groups in total. The second-order valence-electron chi connectivity index (χ2n) is 4.92. The van der Waals surface area contributed by atoms with E-state index in [2.05, 4.69) is 5.32 Å². The van der Waals surface area contributed by atoms with Crippen LogP contribution in [0.1, 0.15) is 30.4 Å². The minimum absolute atomic E-state index is 0.00526. The van der Waals surface area contributed by atoms with Gasteiger partial charge in [0.05, 0.1) is 0 Å². The fourth-order valence-corrected chi connectivity index (χ4v) is 2.05. The van der Waals surface area contributed by atoms with Crippen molar-refractivity contribution in [3.63, 3.8) is 0 Å². The Morgan fingerprint density at radius 2 is 1.75 bits per heavy atom. The third-order valence-electron chi connectivity index (χ3n) is 3.26. The number of nitrogens with one attached hydrogen (secondary N) is 1. The van der Waals surface area contributed by atoms with E-state index in [4.69, 9.17) is 0 Å². The predicted octanol–water partition coefficient (Wildman–Crippen LogP) is 3.64. The monoisotopic (exact) mass is 271 g/mol. The van der Waals surface area contributed by atoms with Gasteiger partial charge >= 0.3 is 0 Å². The van der Waals surface area contributed by atoms with Crippen LogP contribution in [0.15, 0.2) is 54.6 Å². The maximum absolute atomic E-state index is 12.8. The minimum atomic E-state index is -0.266. The Kier molecular flexibility index (Phi) is 4.88. The molecule has 2 aromatic carbocycles. The lowest BCUT2D eigenvalue weighted by molar-refractivity contribution is -0.121. The standard InChI is InChI=1S/C17H18FNO/c1-13(15-5-3-2-4-6-15)11-17(20)19-12-14-7-9-16(18)10-8-14/h2-10,13H,11-12H2,1H3,(H,19,20)/t13-/m0/s1. The molecule has 1 amide bonds. The van der Waals surface area contributed by atoms with Gasteiger partial charge in [-0.05, 0) is 29.2 Å². The zero-order valence-corrected chi connectivity index (χ0v) is 11.5. The maximum Gasteiger partial charge on any atom is 0.220 e. The van der Waals surface area contributed by atoms with Crippen molar-refractivity contribution in [1.82, 2.24) is 5.32 Å². The number of amides is 1. The molecule has 0 unspecified atom stereocenters. The molecule has 104 valence electrons. The topological polar surface area (TPSA) is 29.1 Å². The molecule has 3 heteroatoms. The van der Waals surface area contributed by atoms with Gasteiger partial charge in [0.15, 0.2) is 0 Å². The Morgan fingerprint density at radius 1 is 1.10 bits per heavy atom. The second kappa shape index (κ2) is 6.85. The average Bonchev–Trinajstić information content (AvgIpc) is 2.47. The molecule has 0 aromatic heterocycles. The van der Waals surface area contributed by atoms with Gasteiger partial charge in [0.1, 0.15) is 5.82 Å². The van der Waals surface area contributed by atoms with Crippen molar-refractivity contribution in [1.29, 1.82) is 0 Å². The summed E-state index contributed by atoms with van der Waals surface area (Å²) in [5.74, 6) is -0.0760. The number of hydrogen-bond donors (Lipinski definition) is 1. The third-order valence-corrected chi connectivity index (χ3v) is 3.26. The van der Waals surface area contributed by atoms with E-state index in [1.54, 1.807) is 12.1 Å². The van der Waals surface area contributed by atoms with Crippen LogP contribution in [0.2, 0.25) is 0 Å². The van der Waals surface area contributed by atoms with E-state index in [0.717, 1.165) is 11.1 Å². The summed E-state index contributed by atoms with van der Waals surface area (Å²) in [4.78, 5) is 11.9. The van der Waals surface area contributed by atoms with E-state index < -0.39 is 0 Å². The van der Waals surface area contributed by atoms with E-state index in [-0.39, 0.29) is 17.6 Å². The molecule has 1 atom stereocenters. The highest BCUT2D eigenvalue weighted by atomic mass is 19.1. The van der Waals surface area contributed by atoms with Crippen LogP contribution in [0, 0.1) is 5.82 Å². The van der Waals surface area contributed by atoms with Gasteiger partial charge < -0.3 is 5.32 Å². The molecule has 0 saturated carbocycles. The normalized spacial score (nSPS) is 11.9. The molecule has 0 aliphatic carbocycles. The van der Waals surface area contributed by atoms with E-state index in [9.17, 15) is 9.18 Å². The third kappa shape index (κ3) is 4.19. The molecule has 0 heterocycles. The smallest absolute Gasteiger partial charge is 0.220 e. The Labute approximate surface area is 118 Å². The fraction of sp³-hybridized carbons (Fsp3) is 0.235. The van der Waals surface area contributed by atoms with E-state index in [1.807, 2.05) is 37.3 Å². The van der Waals surface area contributed by atoms with Gasteiger partial charge in [0, 0.05) is 13.0 Å². The quantitative estimate of drug-likeness (QED) is 0.884. The molecule has 2 nitrogen and oxygen atoms in total. The number of halogens is 1. The zero-order valence-electron chi connectivity index (χ0n) is 11.5. The molecular weight excluding hydrogens is 253 g/mol. The minimum Gasteiger partial charge on any atom is -0.352 e. The number of hydrogen-bond acceptors (Lipinski definition) is 1. The van der Waals surface area contributed by atoms with Crippen molar-refractivity contribution in [3.05, 3.63) is 71.5 Å².